The molecule has 7 nitrogen and oxygen atoms in total. The number of hydrogen-bond acceptors (Lipinski definition) is 4. The lowest BCUT2D eigenvalue weighted by atomic mass is 10.1. The topological polar surface area (TPSA) is 99.3 Å². The number of nitriles is 1. The van der Waals surface area contributed by atoms with E-state index in [1.165, 1.54) is 0 Å². The molecule has 0 unspecified atom stereocenters. The maximum atomic E-state index is 12.8. The molecule has 2 amide bonds. The zero-order valence-electron chi connectivity index (χ0n) is 15.8. The minimum Gasteiger partial charge on any atom is -0.351 e. The number of hydrogen-bond donors (Lipinski definition) is 2. The molecule has 0 radical (unpaired) electrons. The lowest BCUT2D eigenvalue weighted by Gasteiger charge is -2.05. The van der Waals surface area contributed by atoms with Crippen molar-refractivity contribution in [1.82, 2.24) is 14.7 Å². The highest BCUT2D eigenvalue weighted by Crippen LogP contribution is 2.17. The van der Waals surface area contributed by atoms with Gasteiger partial charge in [0.05, 0.1) is 16.8 Å². The van der Waals surface area contributed by atoms with Crippen LogP contribution in [-0.4, -0.2) is 27.7 Å². The lowest BCUT2D eigenvalue weighted by Crippen LogP contribution is -2.26. The largest absolute Gasteiger partial charge is 0.351 e. The fraction of sp³-hybridized carbons (Fsp3) is 0.238. The van der Waals surface area contributed by atoms with E-state index in [4.69, 9.17) is 0 Å². The molecule has 0 aliphatic carbocycles. The number of carbonyl (C=O) groups excluding carboxylic acids is 2. The van der Waals surface area contributed by atoms with Crippen molar-refractivity contribution in [2.75, 3.05) is 11.9 Å². The van der Waals surface area contributed by atoms with Gasteiger partial charge in [0.25, 0.3) is 11.8 Å². The first-order chi connectivity index (χ1) is 13.5. The van der Waals surface area contributed by atoms with Gasteiger partial charge in [-0.15, -0.1) is 0 Å². The lowest BCUT2D eigenvalue weighted by molar-refractivity contribution is 0.0949. The minimum atomic E-state index is -0.495. The third-order valence-corrected chi connectivity index (χ3v) is 4.27. The smallest absolute Gasteiger partial charge is 0.292 e. The average Bonchev–Trinajstić information content (AvgIpc) is 3.08. The van der Waals surface area contributed by atoms with Crippen molar-refractivity contribution in [1.29, 1.82) is 5.26 Å². The molecule has 0 bridgehead atoms. The van der Waals surface area contributed by atoms with Crippen molar-refractivity contribution in [2.45, 2.75) is 20.3 Å². The van der Waals surface area contributed by atoms with Gasteiger partial charge in [0.1, 0.15) is 6.07 Å². The summed E-state index contributed by atoms with van der Waals surface area (Å²) in [6.07, 6.45) is 2.54. The quantitative estimate of drug-likeness (QED) is 0.691. The van der Waals surface area contributed by atoms with E-state index in [1.54, 1.807) is 53.1 Å². The highest BCUT2D eigenvalue weighted by atomic mass is 16.2. The summed E-state index contributed by atoms with van der Waals surface area (Å²) in [5.74, 6) is -0.260. The van der Waals surface area contributed by atoms with Crippen LogP contribution < -0.4 is 10.6 Å². The van der Waals surface area contributed by atoms with Gasteiger partial charge in [0.15, 0.2) is 5.69 Å². The Labute approximate surface area is 163 Å². The number of rotatable bonds is 6. The minimum absolute atomic E-state index is 0.0809. The van der Waals surface area contributed by atoms with Gasteiger partial charge in [-0.1, -0.05) is 32.0 Å². The van der Waals surface area contributed by atoms with E-state index in [1.807, 2.05) is 6.07 Å². The summed E-state index contributed by atoms with van der Waals surface area (Å²) in [5, 5.41) is 14.8. The average molecular weight is 375 g/mol. The molecule has 0 saturated heterocycles. The first kappa shape index (κ1) is 19.1. The summed E-state index contributed by atoms with van der Waals surface area (Å²) in [5.41, 5.74) is 1.49. The molecule has 0 atom stereocenters. The summed E-state index contributed by atoms with van der Waals surface area (Å²) in [7, 11) is 0. The van der Waals surface area contributed by atoms with Gasteiger partial charge < -0.3 is 10.6 Å². The number of nitrogens with zero attached hydrogens (tertiary/aromatic N) is 3. The van der Waals surface area contributed by atoms with E-state index in [2.05, 4.69) is 29.5 Å². The third-order valence-electron chi connectivity index (χ3n) is 4.27. The van der Waals surface area contributed by atoms with Gasteiger partial charge in [-0.3, -0.25) is 14.0 Å². The van der Waals surface area contributed by atoms with E-state index in [-0.39, 0.29) is 17.4 Å². The predicted octanol–water partition coefficient (Wildman–Crippen LogP) is 3.23. The van der Waals surface area contributed by atoms with Gasteiger partial charge in [-0.05, 0) is 36.6 Å². The Morgan fingerprint density at radius 1 is 1.14 bits per heavy atom. The van der Waals surface area contributed by atoms with E-state index in [0.29, 0.717) is 29.2 Å². The molecule has 0 spiro atoms. The summed E-state index contributed by atoms with van der Waals surface area (Å²) < 4.78 is 1.57. The maximum absolute atomic E-state index is 12.8. The number of amides is 2. The van der Waals surface area contributed by atoms with Crippen LogP contribution in [0.1, 0.15) is 46.9 Å². The first-order valence-electron chi connectivity index (χ1n) is 9.07. The number of aromatic nitrogens is 2. The second-order valence-electron chi connectivity index (χ2n) is 6.79. The molecule has 0 saturated carbocycles. The van der Waals surface area contributed by atoms with Crippen LogP contribution in [0.15, 0.2) is 48.7 Å². The number of imidazole rings is 1. The van der Waals surface area contributed by atoms with Crippen molar-refractivity contribution in [3.63, 3.8) is 0 Å². The number of para-hydroxylation sites is 1. The summed E-state index contributed by atoms with van der Waals surface area (Å²) in [6.45, 7) is 4.71. The zero-order chi connectivity index (χ0) is 20.1. The molecule has 28 heavy (non-hydrogen) atoms. The highest BCUT2D eigenvalue weighted by molar-refractivity contribution is 6.06. The molecule has 142 valence electrons. The normalized spacial score (nSPS) is 10.6. The van der Waals surface area contributed by atoms with E-state index >= 15 is 0 Å². The Morgan fingerprint density at radius 3 is 2.64 bits per heavy atom. The Bertz CT molecular complexity index is 1060. The van der Waals surface area contributed by atoms with E-state index in [9.17, 15) is 14.9 Å². The number of fused-ring (bicyclic) bond motifs is 1. The van der Waals surface area contributed by atoms with Crippen molar-refractivity contribution in [3.05, 3.63) is 65.7 Å². The van der Waals surface area contributed by atoms with Crippen molar-refractivity contribution < 1.29 is 9.59 Å². The zero-order valence-corrected chi connectivity index (χ0v) is 15.8. The second kappa shape index (κ2) is 8.35. The summed E-state index contributed by atoms with van der Waals surface area (Å²) >= 11 is 0. The monoisotopic (exact) mass is 375 g/mol. The Hall–Kier alpha value is -3.66. The number of benzene rings is 1. The van der Waals surface area contributed by atoms with Gasteiger partial charge in [0.2, 0.25) is 5.82 Å². The molecule has 0 fully saturated rings. The molecular weight excluding hydrogens is 354 g/mol. The Kier molecular flexibility index (Phi) is 5.70. The number of anilines is 1. The second-order valence-corrected chi connectivity index (χ2v) is 6.79. The molecule has 2 aromatic heterocycles. The van der Waals surface area contributed by atoms with Crippen LogP contribution in [0.3, 0.4) is 0 Å². The van der Waals surface area contributed by atoms with Crippen molar-refractivity contribution in [2.24, 2.45) is 5.92 Å². The number of pyridine rings is 1. The summed E-state index contributed by atoms with van der Waals surface area (Å²) in [4.78, 5) is 29.7. The Balaban J connectivity index is 1.90. The molecule has 7 heteroatoms. The molecular formula is C21H21N5O2. The van der Waals surface area contributed by atoms with Crippen LogP contribution in [0, 0.1) is 17.2 Å². The standard InChI is InChI=1S/C21H21N5O2/c1-14(2)10-11-23-20(27)18-17-9-5-6-12-26(17)19(25-18)21(28)24-16-8-4-3-7-15(16)13-22/h3-9,12,14H,10-11H2,1-2H3,(H,23,27)(H,24,28). The van der Waals surface area contributed by atoms with Crippen molar-refractivity contribution in [3.8, 4) is 6.07 Å². The first-order valence-corrected chi connectivity index (χ1v) is 9.07. The van der Waals surface area contributed by atoms with Crippen LogP contribution in [-0.2, 0) is 0 Å². The molecule has 0 aliphatic heterocycles. The van der Waals surface area contributed by atoms with E-state index in [0.717, 1.165) is 6.42 Å². The number of nitrogens with one attached hydrogen (secondary N) is 2. The molecule has 2 N–H and O–H groups in total. The molecule has 1 aromatic carbocycles. The van der Waals surface area contributed by atoms with Crippen molar-refractivity contribution >= 4 is 23.0 Å². The van der Waals surface area contributed by atoms with Gasteiger partial charge in [-0.25, -0.2) is 4.98 Å². The molecule has 2 heterocycles. The highest BCUT2D eigenvalue weighted by Gasteiger charge is 2.22. The SMILES string of the molecule is CC(C)CCNC(=O)c1nc(C(=O)Nc2ccccc2C#N)n2ccccc12. The summed E-state index contributed by atoms with van der Waals surface area (Å²) in [6, 6.07) is 14.0. The fourth-order valence-corrected chi connectivity index (χ4v) is 2.79. The predicted molar refractivity (Wildman–Crippen MR) is 106 cm³/mol. The van der Waals surface area contributed by atoms with Crippen LogP contribution >= 0.6 is 0 Å². The van der Waals surface area contributed by atoms with E-state index < -0.39 is 5.91 Å². The van der Waals surface area contributed by atoms with Gasteiger partial charge in [0, 0.05) is 12.7 Å². The maximum Gasteiger partial charge on any atom is 0.292 e. The van der Waals surface area contributed by atoms with Crippen LogP contribution in [0.4, 0.5) is 5.69 Å². The molecule has 3 rings (SSSR count). The Morgan fingerprint density at radius 2 is 1.89 bits per heavy atom. The molecule has 0 aliphatic rings. The van der Waals surface area contributed by atoms with Crippen LogP contribution in [0.5, 0.6) is 0 Å². The fourth-order valence-electron chi connectivity index (χ4n) is 2.79. The van der Waals surface area contributed by atoms with Gasteiger partial charge in [-0.2, -0.15) is 5.26 Å². The van der Waals surface area contributed by atoms with Crippen LogP contribution in [0.25, 0.3) is 5.52 Å². The van der Waals surface area contributed by atoms with Gasteiger partial charge >= 0.3 is 0 Å². The third kappa shape index (κ3) is 4.01. The molecule has 3 aromatic rings. The number of carbonyl (C=O) groups is 2. The van der Waals surface area contributed by atoms with Crippen LogP contribution in [0.2, 0.25) is 0 Å².